The molecular formula is C26H25ClFN3O3. The molecular weight excluding hydrogens is 457 g/mol. The lowest BCUT2D eigenvalue weighted by Gasteiger charge is -2.34. The number of urea groups is 1. The molecule has 0 bridgehead atoms. The number of likely N-dealkylation sites (tertiary alicyclic amines) is 1. The molecule has 3 heterocycles. The zero-order valence-electron chi connectivity index (χ0n) is 18.9. The SMILES string of the molecule is Cc1cccc(OC[C@@H]2CN(C(=O)Nc3ccc(Cl)c(C)c3)[C@H]3c4cc(F)ccc4OC[C@@H]23)n1. The summed E-state index contributed by atoms with van der Waals surface area (Å²) in [6, 6.07) is 14.8. The van der Waals surface area contributed by atoms with Crippen LogP contribution in [0.1, 0.15) is 22.9 Å². The Balaban J connectivity index is 1.42. The van der Waals surface area contributed by atoms with Gasteiger partial charge in [-0.05, 0) is 61.9 Å². The number of rotatable bonds is 4. The second-order valence-corrected chi connectivity index (χ2v) is 9.24. The van der Waals surface area contributed by atoms with Crippen molar-refractivity contribution >= 4 is 23.3 Å². The Hall–Kier alpha value is -3.32. The maximum absolute atomic E-state index is 14.2. The van der Waals surface area contributed by atoms with E-state index in [2.05, 4.69) is 10.3 Å². The Kier molecular flexibility index (Phi) is 6.04. The van der Waals surface area contributed by atoms with Gasteiger partial charge < -0.3 is 19.7 Å². The van der Waals surface area contributed by atoms with Crippen LogP contribution in [0.4, 0.5) is 14.9 Å². The van der Waals surface area contributed by atoms with Crippen molar-refractivity contribution in [2.45, 2.75) is 19.9 Å². The lowest BCUT2D eigenvalue weighted by Crippen LogP contribution is -2.38. The fourth-order valence-corrected chi connectivity index (χ4v) is 4.90. The van der Waals surface area contributed by atoms with Crippen molar-refractivity contribution in [2.24, 2.45) is 11.8 Å². The number of aryl methyl sites for hydroxylation is 2. The molecule has 1 saturated heterocycles. The molecule has 8 heteroatoms. The lowest BCUT2D eigenvalue weighted by atomic mass is 9.85. The molecule has 1 aromatic heterocycles. The van der Waals surface area contributed by atoms with Crippen LogP contribution in [0.2, 0.25) is 5.02 Å². The molecule has 0 spiro atoms. The average molecular weight is 482 g/mol. The first-order valence-corrected chi connectivity index (χ1v) is 11.6. The fraction of sp³-hybridized carbons (Fsp3) is 0.308. The van der Waals surface area contributed by atoms with Crippen molar-refractivity contribution in [1.29, 1.82) is 0 Å². The maximum Gasteiger partial charge on any atom is 0.322 e. The number of carbonyl (C=O) groups excluding carboxylic acids is 1. The molecule has 2 amide bonds. The second kappa shape index (κ2) is 9.14. The smallest absolute Gasteiger partial charge is 0.322 e. The number of aromatic nitrogens is 1. The highest BCUT2D eigenvalue weighted by Crippen LogP contribution is 2.47. The van der Waals surface area contributed by atoms with E-state index in [-0.39, 0.29) is 29.7 Å². The molecule has 0 aliphatic carbocycles. The fourth-order valence-electron chi connectivity index (χ4n) is 4.78. The Bertz CT molecular complexity index is 1240. The zero-order chi connectivity index (χ0) is 23.8. The molecule has 0 saturated carbocycles. The van der Waals surface area contributed by atoms with Gasteiger partial charge in [0.2, 0.25) is 5.88 Å². The Labute approximate surface area is 202 Å². The molecule has 2 aliphatic rings. The van der Waals surface area contributed by atoms with Gasteiger partial charge in [-0.15, -0.1) is 0 Å². The van der Waals surface area contributed by atoms with Crippen LogP contribution in [-0.4, -0.2) is 35.7 Å². The molecule has 0 unspecified atom stereocenters. The van der Waals surface area contributed by atoms with E-state index >= 15 is 0 Å². The highest BCUT2D eigenvalue weighted by molar-refractivity contribution is 6.31. The molecule has 176 valence electrons. The Morgan fingerprint density at radius 2 is 2.09 bits per heavy atom. The highest BCUT2D eigenvalue weighted by Gasteiger charge is 2.48. The molecule has 2 aliphatic heterocycles. The summed E-state index contributed by atoms with van der Waals surface area (Å²) in [7, 11) is 0. The van der Waals surface area contributed by atoms with Gasteiger partial charge >= 0.3 is 6.03 Å². The maximum atomic E-state index is 14.2. The first-order valence-electron chi connectivity index (χ1n) is 11.2. The van der Waals surface area contributed by atoms with Crippen molar-refractivity contribution < 1.29 is 18.7 Å². The van der Waals surface area contributed by atoms with Gasteiger partial charge in [0.05, 0.1) is 19.3 Å². The number of hydrogen-bond acceptors (Lipinski definition) is 4. The molecule has 34 heavy (non-hydrogen) atoms. The van der Waals surface area contributed by atoms with Gasteiger partial charge in [0.15, 0.2) is 0 Å². The number of fused-ring (bicyclic) bond motifs is 3. The number of benzene rings is 2. The largest absolute Gasteiger partial charge is 0.493 e. The predicted molar refractivity (Wildman–Crippen MR) is 128 cm³/mol. The third-order valence-corrected chi connectivity index (χ3v) is 6.90. The number of nitrogens with one attached hydrogen (secondary N) is 1. The summed E-state index contributed by atoms with van der Waals surface area (Å²) < 4.78 is 26.1. The van der Waals surface area contributed by atoms with Crippen LogP contribution in [0.25, 0.3) is 0 Å². The lowest BCUT2D eigenvalue weighted by molar-refractivity contribution is 0.128. The second-order valence-electron chi connectivity index (χ2n) is 8.84. The van der Waals surface area contributed by atoms with Gasteiger partial charge in [-0.3, -0.25) is 0 Å². The summed E-state index contributed by atoms with van der Waals surface area (Å²) in [6.07, 6.45) is 0. The van der Waals surface area contributed by atoms with Crippen LogP contribution in [0.3, 0.4) is 0 Å². The molecule has 6 nitrogen and oxygen atoms in total. The number of pyridine rings is 1. The van der Waals surface area contributed by atoms with E-state index in [0.717, 1.165) is 11.3 Å². The number of ether oxygens (including phenoxy) is 2. The van der Waals surface area contributed by atoms with Crippen molar-refractivity contribution in [2.75, 3.05) is 25.1 Å². The van der Waals surface area contributed by atoms with Gasteiger partial charge in [0, 0.05) is 46.4 Å². The summed E-state index contributed by atoms with van der Waals surface area (Å²) in [5.74, 6) is 0.725. The van der Waals surface area contributed by atoms with Crippen LogP contribution in [0.15, 0.2) is 54.6 Å². The van der Waals surface area contributed by atoms with E-state index in [0.29, 0.717) is 47.7 Å². The third kappa shape index (κ3) is 4.40. The molecule has 1 N–H and O–H groups in total. The van der Waals surface area contributed by atoms with Gasteiger partial charge in [0.1, 0.15) is 11.6 Å². The minimum absolute atomic E-state index is 0.0126. The number of anilines is 1. The summed E-state index contributed by atoms with van der Waals surface area (Å²) in [6.45, 7) is 5.02. The van der Waals surface area contributed by atoms with Crippen LogP contribution in [0.5, 0.6) is 11.6 Å². The molecule has 0 radical (unpaired) electrons. The Morgan fingerprint density at radius 3 is 2.88 bits per heavy atom. The number of carbonyl (C=O) groups is 1. The van der Waals surface area contributed by atoms with Crippen LogP contribution in [0, 0.1) is 31.5 Å². The van der Waals surface area contributed by atoms with Gasteiger partial charge in [-0.1, -0.05) is 17.7 Å². The third-order valence-electron chi connectivity index (χ3n) is 6.48. The van der Waals surface area contributed by atoms with Crippen LogP contribution in [-0.2, 0) is 0 Å². The minimum atomic E-state index is -0.361. The summed E-state index contributed by atoms with van der Waals surface area (Å²) in [4.78, 5) is 19.6. The predicted octanol–water partition coefficient (Wildman–Crippen LogP) is 5.78. The van der Waals surface area contributed by atoms with Crippen molar-refractivity contribution in [3.05, 3.63) is 82.3 Å². The summed E-state index contributed by atoms with van der Waals surface area (Å²) in [5.41, 5.74) is 3.06. The minimum Gasteiger partial charge on any atom is -0.493 e. The van der Waals surface area contributed by atoms with Crippen molar-refractivity contribution in [3.63, 3.8) is 0 Å². The molecule has 1 fully saturated rings. The first kappa shape index (κ1) is 22.5. The van der Waals surface area contributed by atoms with Crippen molar-refractivity contribution in [1.82, 2.24) is 9.88 Å². The topological polar surface area (TPSA) is 63.7 Å². The average Bonchev–Trinajstić information content (AvgIpc) is 3.19. The van der Waals surface area contributed by atoms with E-state index in [1.807, 2.05) is 38.1 Å². The normalized spacial score (nSPS) is 20.8. The van der Waals surface area contributed by atoms with Crippen LogP contribution < -0.4 is 14.8 Å². The number of halogens is 2. The Morgan fingerprint density at radius 1 is 1.24 bits per heavy atom. The molecule has 3 atom stereocenters. The van der Waals surface area contributed by atoms with Gasteiger partial charge in [0.25, 0.3) is 0 Å². The highest BCUT2D eigenvalue weighted by atomic mass is 35.5. The number of amides is 2. The molecule has 5 rings (SSSR count). The standard InChI is InChI=1S/C26H25ClFN3O3/c1-15-10-19(7-8-22(15)27)30-26(32)31-12-17(13-34-24-5-3-4-16(2)29-24)21-14-33-23-9-6-18(28)11-20(23)25(21)31/h3-11,17,21,25H,12-14H2,1-2H3,(H,30,32)/t17-,21-,25-/m0/s1. The first-order chi connectivity index (χ1) is 16.4. The molecule has 2 aromatic carbocycles. The quantitative estimate of drug-likeness (QED) is 0.512. The van der Waals surface area contributed by atoms with E-state index in [1.165, 1.54) is 12.1 Å². The number of hydrogen-bond donors (Lipinski definition) is 1. The summed E-state index contributed by atoms with van der Waals surface area (Å²) >= 11 is 6.13. The van der Waals surface area contributed by atoms with E-state index < -0.39 is 0 Å². The van der Waals surface area contributed by atoms with Crippen molar-refractivity contribution in [3.8, 4) is 11.6 Å². The van der Waals surface area contributed by atoms with E-state index in [4.69, 9.17) is 21.1 Å². The van der Waals surface area contributed by atoms with E-state index in [1.54, 1.807) is 23.1 Å². The number of nitrogens with zero attached hydrogens (tertiary/aromatic N) is 2. The monoisotopic (exact) mass is 481 g/mol. The summed E-state index contributed by atoms with van der Waals surface area (Å²) in [5, 5.41) is 3.61. The van der Waals surface area contributed by atoms with E-state index in [9.17, 15) is 9.18 Å². The molecule has 3 aromatic rings. The van der Waals surface area contributed by atoms with Gasteiger partial charge in [-0.25, -0.2) is 14.2 Å². The zero-order valence-corrected chi connectivity index (χ0v) is 19.7. The van der Waals surface area contributed by atoms with Crippen LogP contribution >= 0.6 is 11.6 Å². The van der Waals surface area contributed by atoms with Gasteiger partial charge in [-0.2, -0.15) is 0 Å².